The summed E-state index contributed by atoms with van der Waals surface area (Å²) in [6.07, 6.45) is -0.883. The Bertz CT molecular complexity index is 749. The third-order valence-corrected chi connectivity index (χ3v) is 5.17. The SMILES string of the molecule is COc1cccc(OC)c1OCC(O)CNC(=O)C(C)Sc1ccc(Cl)cc1. The summed E-state index contributed by atoms with van der Waals surface area (Å²) >= 11 is 7.28. The molecule has 0 fully saturated rings. The van der Waals surface area contributed by atoms with Crippen LogP contribution in [0.4, 0.5) is 0 Å². The third kappa shape index (κ3) is 6.51. The number of methoxy groups -OCH3 is 2. The van der Waals surface area contributed by atoms with E-state index >= 15 is 0 Å². The van der Waals surface area contributed by atoms with Crippen molar-refractivity contribution in [3.05, 3.63) is 47.5 Å². The zero-order chi connectivity index (χ0) is 20.5. The highest BCUT2D eigenvalue weighted by Gasteiger charge is 2.17. The molecule has 0 aliphatic rings. The van der Waals surface area contributed by atoms with Crippen LogP contribution in [-0.2, 0) is 4.79 Å². The first kappa shape index (κ1) is 22.2. The standard InChI is InChI=1S/C20H24ClNO5S/c1-13(28-16-9-7-14(21)8-10-16)20(24)22-11-15(23)12-27-19-17(25-2)5-4-6-18(19)26-3/h4-10,13,15,23H,11-12H2,1-3H3,(H,22,24). The van der Waals surface area contributed by atoms with Crippen LogP contribution in [0.2, 0.25) is 5.02 Å². The number of thioether (sulfide) groups is 1. The number of benzene rings is 2. The summed E-state index contributed by atoms with van der Waals surface area (Å²) in [4.78, 5) is 13.2. The fourth-order valence-electron chi connectivity index (χ4n) is 2.33. The van der Waals surface area contributed by atoms with Crippen LogP contribution < -0.4 is 19.5 Å². The molecule has 152 valence electrons. The van der Waals surface area contributed by atoms with Gasteiger partial charge in [0.2, 0.25) is 11.7 Å². The monoisotopic (exact) mass is 425 g/mol. The van der Waals surface area contributed by atoms with Gasteiger partial charge in [-0.3, -0.25) is 4.79 Å². The Balaban J connectivity index is 1.81. The van der Waals surface area contributed by atoms with Gasteiger partial charge in [0.15, 0.2) is 11.5 Å². The van der Waals surface area contributed by atoms with Gasteiger partial charge in [-0.25, -0.2) is 0 Å². The van der Waals surface area contributed by atoms with Gasteiger partial charge in [0.25, 0.3) is 0 Å². The Morgan fingerprint density at radius 1 is 1.14 bits per heavy atom. The van der Waals surface area contributed by atoms with Crippen molar-refractivity contribution < 1.29 is 24.1 Å². The lowest BCUT2D eigenvalue weighted by molar-refractivity contribution is -0.120. The van der Waals surface area contributed by atoms with E-state index in [0.717, 1.165) is 4.90 Å². The highest BCUT2D eigenvalue weighted by molar-refractivity contribution is 8.00. The van der Waals surface area contributed by atoms with Gasteiger partial charge in [0, 0.05) is 16.5 Å². The molecule has 2 aromatic carbocycles. The number of para-hydroxylation sites is 1. The Kier molecular flexibility index (Phi) is 8.76. The second-order valence-corrected chi connectivity index (χ2v) is 7.77. The first-order chi connectivity index (χ1) is 13.4. The van der Waals surface area contributed by atoms with Crippen LogP contribution in [0.5, 0.6) is 17.2 Å². The number of hydrogen-bond donors (Lipinski definition) is 2. The normalized spacial score (nSPS) is 12.8. The maximum absolute atomic E-state index is 12.2. The summed E-state index contributed by atoms with van der Waals surface area (Å²) in [6.45, 7) is 1.86. The zero-order valence-corrected chi connectivity index (χ0v) is 17.5. The summed E-state index contributed by atoms with van der Waals surface area (Å²) < 4.78 is 16.1. The van der Waals surface area contributed by atoms with E-state index in [1.807, 2.05) is 12.1 Å². The van der Waals surface area contributed by atoms with Crippen molar-refractivity contribution in [1.29, 1.82) is 0 Å². The molecule has 0 radical (unpaired) electrons. The number of halogens is 1. The average Bonchev–Trinajstić information content (AvgIpc) is 2.71. The number of rotatable bonds is 10. The van der Waals surface area contributed by atoms with Gasteiger partial charge in [0.1, 0.15) is 12.7 Å². The molecule has 0 spiro atoms. The predicted octanol–water partition coefficient (Wildman–Crippen LogP) is 3.39. The maximum Gasteiger partial charge on any atom is 0.233 e. The fraction of sp³-hybridized carbons (Fsp3) is 0.350. The van der Waals surface area contributed by atoms with Crippen molar-refractivity contribution in [2.45, 2.75) is 23.2 Å². The van der Waals surface area contributed by atoms with Gasteiger partial charge in [-0.2, -0.15) is 0 Å². The molecule has 0 heterocycles. The molecule has 0 bridgehead atoms. The zero-order valence-electron chi connectivity index (χ0n) is 16.0. The second kappa shape index (κ2) is 11.0. The molecule has 0 aliphatic carbocycles. The minimum Gasteiger partial charge on any atom is -0.493 e. The number of aliphatic hydroxyl groups is 1. The Labute approximate surface area is 174 Å². The lowest BCUT2D eigenvalue weighted by Crippen LogP contribution is -2.38. The number of hydrogen-bond acceptors (Lipinski definition) is 6. The summed E-state index contributed by atoms with van der Waals surface area (Å²) in [7, 11) is 3.05. The Morgan fingerprint density at radius 3 is 2.32 bits per heavy atom. The van der Waals surface area contributed by atoms with Crippen molar-refractivity contribution in [1.82, 2.24) is 5.32 Å². The van der Waals surface area contributed by atoms with E-state index in [1.165, 1.54) is 26.0 Å². The van der Waals surface area contributed by atoms with E-state index in [9.17, 15) is 9.90 Å². The summed E-state index contributed by atoms with van der Waals surface area (Å²) in [5, 5.41) is 13.2. The molecule has 0 saturated heterocycles. The van der Waals surface area contributed by atoms with Crippen LogP contribution in [-0.4, -0.2) is 49.7 Å². The van der Waals surface area contributed by atoms with Crippen LogP contribution in [0, 0.1) is 0 Å². The minimum atomic E-state index is -0.883. The molecule has 0 saturated carbocycles. The molecular formula is C20H24ClNO5S. The van der Waals surface area contributed by atoms with Crippen LogP contribution in [0.1, 0.15) is 6.92 Å². The first-order valence-corrected chi connectivity index (χ1v) is 9.92. The summed E-state index contributed by atoms with van der Waals surface area (Å²) in [5.41, 5.74) is 0. The molecule has 6 nitrogen and oxygen atoms in total. The van der Waals surface area contributed by atoms with E-state index in [2.05, 4.69) is 5.32 Å². The summed E-state index contributed by atoms with van der Waals surface area (Å²) in [6, 6.07) is 12.5. The highest BCUT2D eigenvalue weighted by Crippen LogP contribution is 2.36. The number of aliphatic hydroxyl groups excluding tert-OH is 1. The van der Waals surface area contributed by atoms with Crippen LogP contribution in [0.15, 0.2) is 47.4 Å². The van der Waals surface area contributed by atoms with Gasteiger partial charge >= 0.3 is 0 Å². The summed E-state index contributed by atoms with van der Waals surface area (Å²) in [5.74, 6) is 1.24. The van der Waals surface area contributed by atoms with Crippen molar-refractivity contribution in [3.8, 4) is 17.2 Å². The lowest BCUT2D eigenvalue weighted by Gasteiger charge is -2.18. The Morgan fingerprint density at radius 2 is 1.75 bits per heavy atom. The Hall–Kier alpha value is -2.09. The number of carbonyl (C=O) groups excluding carboxylic acids is 1. The quantitative estimate of drug-likeness (QED) is 0.568. The molecule has 2 rings (SSSR count). The minimum absolute atomic E-state index is 0.0181. The predicted molar refractivity (Wildman–Crippen MR) is 111 cm³/mol. The van der Waals surface area contributed by atoms with Crippen molar-refractivity contribution in [2.24, 2.45) is 0 Å². The van der Waals surface area contributed by atoms with Crippen molar-refractivity contribution in [3.63, 3.8) is 0 Å². The van der Waals surface area contributed by atoms with Crippen molar-refractivity contribution >= 4 is 29.3 Å². The van der Waals surface area contributed by atoms with Gasteiger partial charge < -0.3 is 24.6 Å². The second-order valence-electron chi connectivity index (χ2n) is 5.92. The van der Waals surface area contributed by atoms with E-state index in [4.69, 9.17) is 25.8 Å². The van der Waals surface area contributed by atoms with Gasteiger partial charge in [-0.15, -0.1) is 11.8 Å². The highest BCUT2D eigenvalue weighted by atomic mass is 35.5. The molecule has 0 aromatic heterocycles. The van der Waals surface area contributed by atoms with Crippen LogP contribution >= 0.6 is 23.4 Å². The topological polar surface area (TPSA) is 77.0 Å². The van der Waals surface area contributed by atoms with E-state index < -0.39 is 6.10 Å². The van der Waals surface area contributed by atoms with Crippen LogP contribution in [0.25, 0.3) is 0 Å². The molecular weight excluding hydrogens is 402 g/mol. The first-order valence-electron chi connectivity index (χ1n) is 8.66. The largest absolute Gasteiger partial charge is 0.493 e. The van der Waals surface area contributed by atoms with E-state index in [0.29, 0.717) is 22.3 Å². The number of amides is 1. The molecule has 28 heavy (non-hydrogen) atoms. The maximum atomic E-state index is 12.2. The van der Waals surface area contributed by atoms with E-state index in [-0.39, 0.29) is 24.3 Å². The molecule has 2 N–H and O–H groups in total. The molecule has 8 heteroatoms. The van der Waals surface area contributed by atoms with Gasteiger partial charge in [0.05, 0.1) is 19.5 Å². The lowest BCUT2D eigenvalue weighted by atomic mass is 10.3. The molecule has 0 aliphatic heterocycles. The van der Waals surface area contributed by atoms with E-state index in [1.54, 1.807) is 37.3 Å². The smallest absolute Gasteiger partial charge is 0.233 e. The van der Waals surface area contributed by atoms with Gasteiger partial charge in [-0.1, -0.05) is 17.7 Å². The average molecular weight is 426 g/mol. The molecule has 2 unspecified atom stereocenters. The molecule has 2 aromatic rings. The molecule has 2 atom stereocenters. The van der Waals surface area contributed by atoms with Gasteiger partial charge in [-0.05, 0) is 43.3 Å². The fourth-order valence-corrected chi connectivity index (χ4v) is 3.35. The third-order valence-electron chi connectivity index (χ3n) is 3.81. The van der Waals surface area contributed by atoms with Crippen LogP contribution in [0.3, 0.4) is 0 Å². The van der Waals surface area contributed by atoms with Crippen molar-refractivity contribution in [2.75, 3.05) is 27.4 Å². The number of ether oxygens (including phenoxy) is 3. The molecule has 1 amide bonds. The number of nitrogens with one attached hydrogen (secondary N) is 1. The number of carbonyl (C=O) groups is 1.